The molecule has 2 unspecified atom stereocenters. The molecule has 1 aliphatic heterocycles. The minimum absolute atomic E-state index is 0.164. The fourth-order valence-electron chi connectivity index (χ4n) is 3.89. The fraction of sp³-hybridized carbons (Fsp3) is 1.00. The van der Waals surface area contributed by atoms with E-state index in [-0.39, 0.29) is 6.04 Å². The molecule has 2 atom stereocenters. The van der Waals surface area contributed by atoms with Crippen LogP contribution in [0, 0.1) is 17.8 Å². The summed E-state index contributed by atoms with van der Waals surface area (Å²) >= 11 is 0. The monoisotopic (exact) mass is 316 g/mol. The lowest BCUT2D eigenvalue weighted by atomic mass is 9.78. The fourth-order valence-corrected chi connectivity index (χ4v) is 5.40. The number of sulfonamides is 1. The summed E-state index contributed by atoms with van der Waals surface area (Å²) in [6.45, 7) is 6.50. The highest BCUT2D eigenvalue weighted by Crippen LogP contribution is 2.30. The first-order valence-electron chi connectivity index (χ1n) is 8.68. The van der Waals surface area contributed by atoms with Crippen LogP contribution in [0.2, 0.25) is 0 Å². The van der Waals surface area contributed by atoms with Crippen LogP contribution < -0.4 is 10.0 Å². The van der Waals surface area contributed by atoms with Crippen LogP contribution in [0.25, 0.3) is 0 Å². The van der Waals surface area contributed by atoms with Crippen molar-refractivity contribution >= 4 is 10.0 Å². The van der Waals surface area contributed by atoms with Crippen LogP contribution in [0.5, 0.6) is 0 Å². The number of hydrogen-bond donors (Lipinski definition) is 2. The lowest BCUT2D eigenvalue weighted by Crippen LogP contribution is -2.45. The Morgan fingerprint density at radius 1 is 1.10 bits per heavy atom. The van der Waals surface area contributed by atoms with Crippen molar-refractivity contribution in [2.75, 3.05) is 18.8 Å². The molecule has 0 radical (unpaired) electrons. The van der Waals surface area contributed by atoms with E-state index in [9.17, 15) is 8.42 Å². The molecular formula is C16H32N2O2S. The highest BCUT2D eigenvalue weighted by atomic mass is 32.2. The molecule has 0 aromatic heterocycles. The van der Waals surface area contributed by atoms with E-state index >= 15 is 0 Å². The lowest BCUT2D eigenvalue weighted by Gasteiger charge is -2.34. The van der Waals surface area contributed by atoms with Gasteiger partial charge < -0.3 is 5.32 Å². The third kappa shape index (κ3) is 5.53. The Kier molecular flexibility index (Phi) is 6.51. The Bertz CT molecular complexity index is 403. The second-order valence-electron chi connectivity index (χ2n) is 7.22. The molecule has 1 aliphatic carbocycles. The highest BCUT2D eigenvalue weighted by Gasteiger charge is 2.30. The largest absolute Gasteiger partial charge is 0.317 e. The van der Waals surface area contributed by atoms with Crippen LogP contribution in [0.15, 0.2) is 0 Å². The van der Waals surface area contributed by atoms with Crippen molar-refractivity contribution in [2.24, 2.45) is 17.8 Å². The minimum atomic E-state index is -3.12. The average molecular weight is 317 g/mol. The van der Waals surface area contributed by atoms with Gasteiger partial charge in [0, 0.05) is 6.04 Å². The molecule has 0 amide bonds. The van der Waals surface area contributed by atoms with Gasteiger partial charge >= 0.3 is 0 Å². The van der Waals surface area contributed by atoms with Crippen molar-refractivity contribution in [3.8, 4) is 0 Å². The summed E-state index contributed by atoms with van der Waals surface area (Å²) in [4.78, 5) is 0. The zero-order chi connectivity index (χ0) is 15.3. The highest BCUT2D eigenvalue weighted by molar-refractivity contribution is 7.89. The van der Waals surface area contributed by atoms with E-state index in [1.54, 1.807) is 0 Å². The summed E-state index contributed by atoms with van der Waals surface area (Å²) in [6.07, 6.45) is 7.63. The maximum atomic E-state index is 12.4. The number of piperidine rings is 1. The van der Waals surface area contributed by atoms with Gasteiger partial charge in [-0.3, -0.25) is 0 Å². The van der Waals surface area contributed by atoms with Crippen molar-refractivity contribution in [3.63, 3.8) is 0 Å². The molecule has 2 aliphatic rings. The summed E-state index contributed by atoms with van der Waals surface area (Å²) in [6, 6.07) is 0.164. The van der Waals surface area contributed by atoms with E-state index in [1.165, 1.54) is 12.8 Å². The minimum Gasteiger partial charge on any atom is -0.317 e. The Labute approximate surface area is 130 Å². The molecule has 1 heterocycles. The molecule has 1 saturated carbocycles. The molecule has 2 fully saturated rings. The maximum Gasteiger partial charge on any atom is 0.211 e. The number of hydrogen-bond acceptors (Lipinski definition) is 3. The van der Waals surface area contributed by atoms with Gasteiger partial charge in [0.1, 0.15) is 0 Å². The molecule has 4 nitrogen and oxygen atoms in total. The van der Waals surface area contributed by atoms with Crippen LogP contribution in [0.3, 0.4) is 0 Å². The van der Waals surface area contributed by atoms with E-state index in [0.717, 1.165) is 45.2 Å². The molecule has 0 spiro atoms. The van der Waals surface area contributed by atoms with Gasteiger partial charge in [-0.2, -0.15) is 0 Å². The molecule has 124 valence electrons. The van der Waals surface area contributed by atoms with Crippen molar-refractivity contribution < 1.29 is 8.42 Å². The van der Waals surface area contributed by atoms with Gasteiger partial charge in [-0.05, 0) is 62.9 Å². The van der Waals surface area contributed by atoms with Gasteiger partial charge in [-0.15, -0.1) is 0 Å². The van der Waals surface area contributed by atoms with Crippen molar-refractivity contribution in [1.82, 2.24) is 10.0 Å². The summed E-state index contributed by atoms with van der Waals surface area (Å²) in [7, 11) is -3.12. The molecule has 21 heavy (non-hydrogen) atoms. The molecule has 0 aromatic carbocycles. The van der Waals surface area contributed by atoms with Crippen LogP contribution in [0.1, 0.15) is 58.8 Å². The van der Waals surface area contributed by atoms with Crippen molar-refractivity contribution in [3.05, 3.63) is 0 Å². The van der Waals surface area contributed by atoms with Crippen LogP contribution in [-0.2, 0) is 10.0 Å². The zero-order valence-corrected chi connectivity index (χ0v) is 14.4. The van der Waals surface area contributed by atoms with Gasteiger partial charge in [-0.25, -0.2) is 13.1 Å². The van der Waals surface area contributed by atoms with E-state index in [1.807, 2.05) is 0 Å². The van der Waals surface area contributed by atoms with E-state index in [2.05, 4.69) is 23.9 Å². The standard InChI is InChI=1S/C16H32N2O2S/c1-13(2)15-5-3-4-6-16(15)18-21(19,20)12-9-14-7-10-17-11-8-14/h13-18H,3-12H2,1-2H3. The van der Waals surface area contributed by atoms with E-state index in [4.69, 9.17) is 0 Å². The average Bonchev–Trinajstić information content (AvgIpc) is 2.46. The van der Waals surface area contributed by atoms with Gasteiger partial charge in [0.25, 0.3) is 0 Å². The molecule has 2 N–H and O–H groups in total. The Morgan fingerprint density at radius 3 is 2.43 bits per heavy atom. The molecular weight excluding hydrogens is 284 g/mol. The molecule has 0 bridgehead atoms. The lowest BCUT2D eigenvalue weighted by molar-refractivity contribution is 0.226. The third-order valence-corrected chi connectivity index (χ3v) is 6.70. The van der Waals surface area contributed by atoms with Gasteiger partial charge in [0.2, 0.25) is 10.0 Å². The number of rotatable bonds is 6. The maximum absolute atomic E-state index is 12.4. The van der Waals surface area contributed by atoms with E-state index < -0.39 is 10.0 Å². The Morgan fingerprint density at radius 2 is 1.76 bits per heavy atom. The van der Waals surface area contributed by atoms with Gasteiger partial charge in [-0.1, -0.05) is 26.7 Å². The van der Waals surface area contributed by atoms with Gasteiger partial charge in [0.05, 0.1) is 5.75 Å². The van der Waals surface area contributed by atoms with Crippen LogP contribution >= 0.6 is 0 Å². The summed E-state index contributed by atoms with van der Waals surface area (Å²) in [5, 5.41) is 3.33. The number of nitrogens with one attached hydrogen (secondary N) is 2. The predicted molar refractivity (Wildman–Crippen MR) is 87.7 cm³/mol. The summed E-state index contributed by atoms with van der Waals surface area (Å²) < 4.78 is 27.8. The Balaban J connectivity index is 1.83. The topological polar surface area (TPSA) is 58.2 Å². The quantitative estimate of drug-likeness (QED) is 0.791. The second-order valence-corrected chi connectivity index (χ2v) is 9.09. The molecule has 0 aromatic rings. The van der Waals surface area contributed by atoms with Crippen LogP contribution in [-0.4, -0.2) is 33.3 Å². The first kappa shape index (κ1) is 17.2. The smallest absolute Gasteiger partial charge is 0.211 e. The van der Waals surface area contributed by atoms with E-state index in [0.29, 0.717) is 23.5 Å². The molecule has 1 saturated heterocycles. The first-order chi connectivity index (χ1) is 9.98. The summed E-state index contributed by atoms with van der Waals surface area (Å²) in [5.74, 6) is 1.95. The zero-order valence-electron chi connectivity index (χ0n) is 13.6. The third-order valence-electron chi connectivity index (χ3n) is 5.26. The summed E-state index contributed by atoms with van der Waals surface area (Å²) in [5.41, 5.74) is 0. The van der Waals surface area contributed by atoms with Gasteiger partial charge in [0.15, 0.2) is 0 Å². The first-order valence-corrected chi connectivity index (χ1v) is 10.3. The second kappa shape index (κ2) is 7.93. The van der Waals surface area contributed by atoms with Crippen molar-refractivity contribution in [2.45, 2.75) is 64.8 Å². The van der Waals surface area contributed by atoms with Crippen LogP contribution in [0.4, 0.5) is 0 Å². The Hall–Kier alpha value is -0.130. The predicted octanol–water partition coefficient (Wildman–Crippen LogP) is 2.51. The SMILES string of the molecule is CC(C)C1CCCCC1NS(=O)(=O)CCC1CCNCC1. The molecule has 5 heteroatoms. The normalized spacial score (nSPS) is 28.9. The van der Waals surface area contributed by atoms with Crippen molar-refractivity contribution in [1.29, 1.82) is 0 Å². The molecule has 2 rings (SSSR count).